The lowest BCUT2D eigenvalue weighted by molar-refractivity contribution is 0.643. The molecule has 0 radical (unpaired) electrons. The Hall–Kier alpha value is -1.59. The molecule has 20 heavy (non-hydrogen) atoms. The Kier molecular flexibility index (Phi) is 4.98. The van der Waals surface area contributed by atoms with Gasteiger partial charge >= 0.3 is 0 Å². The topological polar surface area (TPSA) is 41.9 Å². The summed E-state index contributed by atoms with van der Waals surface area (Å²) in [6.45, 7) is 5.36. The summed E-state index contributed by atoms with van der Waals surface area (Å²) in [5, 5.41) is 11.8. The number of aromatic nitrogens is 2. The molecule has 0 atom stereocenters. The van der Waals surface area contributed by atoms with Crippen LogP contribution in [0.2, 0.25) is 5.02 Å². The van der Waals surface area contributed by atoms with E-state index in [0.717, 1.165) is 17.9 Å². The Balaban J connectivity index is 1.90. The normalized spacial score (nSPS) is 10.3. The molecule has 1 aromatic heterocycles. The van der Waals surface area contributed by atoms with Crippen LogP contribution in [0.3, 0.4) is 0 Å². The molecule has 0 aliphatic heterocycles. The Labute approximate surface area is 129 Å². The maximum atomic E-state index is 6.10. The Bertz CT molecular complexity index is 609. The van der Waals surface area contributed by atoms with Crippen molar-refractivity contribution in [3.8, 4) is 0 Å². The fourth-order valence-corrected chi connectivity index (χ4v) is 2.19. The zero-order valence-corrected chi connectivity index (χ0v) is 13.1. The molecule has 1 heterocycles. The monoisotopic (exact) mass is 308 g/mol. The highest BCUT2D eigenvalue weighted by molar-refractivity contribution is 7.80. The molecule has 2 N–H and O–H groups in total. The lowest BCUT2D eigenvalue weighted by Gasteiger charge is -2.10. The third kappa shape index (κ3) is 3.95. The summed E-state index contributed by atoms with van der Waals surface area (Å²) < 4.78 is 1.80. The standard InChI is InChI=1S/C14H17ClN4S/c1-3-19-9-12(15)13(18-19)8-16-14(20)17-11-6-4-5-10(2)7-11/h4-7,9H,3,8H2,1-2H3,(H2,16,17,20). The van der Waals surface area contributed by atoms with Gasteiger partial charge in [0.25, 0.3) is 0 Å². The fraction of sp³-hybridized carbons (Fsp3) is 0.286. The molecule has 0 aliphatic carbocycles. The van der Waals surface area contributed by atoms with Gasteiger partial charge in [0.05, 0.1) is 11.6 Å². The number of anilines is 1. The molecule has 0 spiro atoms. The Morgan fingerprint density at radius 2 is 2.25 bits per heavy atom. The van der Waals surface area contributed by atoms with E-state index in [4.69, 9.17) is 23.8 Å². The average Bonchev–Trinajstić information content (AvgIpc) is 2.77. The summed E-state index contributed by atoms with van der Waals surface area (Å²) in [6, 6.07) is 8.03. The first-order valence-corrected chi connectivity index (χ1v) is 7.20. The SMILES string of the molecule is CCn1cc(Cl)c(CNC(=S)Nc2cccc(C)c2)n1. The van der Waals surface area contributed by atoms with Crippen molar-refractivity contribution in [2.24, 2.45) is 0 Å². The lowest BCUT2D eigenvalue weighted by atomic mass is 10.2. The molecule has 6 heteroatoms. The molecule has 1 aromatic carbocycles. The number of nitrogens with one attached hydrogen (secondary N) is 2. The number of halogens is 1. The number of thiocarbonyl (C=S) groups is 1. The zero-order valence-electron chi connectivity index (χ0n) is 11.5. The van der Waals surface area contributed by atoms with E-state index in [1.165, 1.54) is 5.56 Å². The van der Waals surface area contributed by atoms with Gasteiger partial charge in [-0.15, -0.1) is 0 Å². The third-order valence-electron chi connectivity index (χ3n) is 2.80. The van der Waals surface area contributed by atoms with Crippen molar-refractivity contribution in [3.05, 3.63) is 46.7 Å². The molecule has 2 aromatic rings. The predicted molar refractivity (Wildman–Crippen MR) is 87.2 cm³/mol. The molecule has 0 fully saturated rings. The van der Waals surface area contributed by atoms with Crippen LogP contribution >= 0.6 is 23.8 Å². The first kappa shape index (κ1) is 14.8. The fourth-order valence-electron chi connectivity index (χ4n) is 1.78. The van der Waals surface area contributed by atoms with Crippen LogP contribution in [0.5, 0.6) is 0 Å². The van der Waals surface area contributed by atoms with Crippen LogP contribution in [0.15, 0.2) is 30.5 Å². The van der Waals surface area contributed by atoms with Crippen LogP contribution in [-0.4, -0.2) is 14.9 Å². The second-order valence-corrected chi connectivity index (χ2v) is 5.27. The summed E-state index contributed by atoms with van der Waals surface area (Å²) in [5.41, 5.74) is 2.94. The van der Waals surface area contributed by atoms with Crippen molar-refractivity contribution in [2.75, 3.05) is 5.32 Å². The summed E-state index contributed by atoms with van der Waals surface area (Å²) in [6.07, 6.45) is 1.82. The number of rotatable bonds is 4. The van der Waals surface area contributed by atoms with Gasteiger partial charge in [-0.05, 0) is 43.8 Å². The van der Waals surface area contributed by atoms with Gasteiger partial charge in [0.2, 0.25) is 0 Å². The minimum Gasteiger partial charge on any atom is -0.357 e. The van der Waals surface area contributed by atoms with Gasteiger partial charge in [0.1, 0.15) is 5.69 Å². The first-order chi connectivity index (χ1) is 9.58. The lowest BCUT2D eigenvalue weighted by Crippen LogP contribution is -2.28. The van der Waals surface area contributed by atoms with E-state index in [-0.39, 0.29) is 0 Å². The molecular formula is C14H17ClN4S. The molecule has 2 rings (SSSR count). The Morgan fingerprint density at radius 1 is 1.45 bits per heavy atom. The van der Waals surface area contributed by atoms with E-state index in [0.29, 0.717) is 16.7 Å². The van der Waals surface area contributed by atoms with Crippen LogP contribution in [0.4, 0.5) is 5.69 Å². The van der Waals surface area contributed by atoms with Gasteiger partial charge in [-0.1, -0.05) is 23.7 Å². The quantitative estimate of drug-likeness (QED) is 0.850. The van der Waals surface area contributed by atoms with Crippen molar-refractivity contribution < 1.29 is 0 Å². The van der Waals surface area contributed by atoms with Gasteiger partial charge < -0.3 is 10.6 Å². The zero-order chi connectivity index (χ0) is 14.5. The van der Waals surface area contributed by atoms with Crippen LogP contribution in [-0.2, 0) is 13.1 Å². The van der Waals surface area contributed by atoms with Gasteiger partial charge in [-0.3, -0.25) is 4.68 Å². The van der Waals surface area contributed by atoms with Crippen molar-refractivity contribution in [1.29, 1.82) is 0 Å². The maximum Gasteiger partial charge on any atom is 0.171 e. The van der Waals surface area contributed by atoms with Gasteiger partial charge in [0.15, 0.2) is 5.11 Å². The first-order valence-electron chi connectivity index (χ1n) is 6.42. The van der Waals surface area contributed by atoms with E-state index < -0.39 is 0 Å². The molecule has 0 saturated heterocycles. The van der Waals surface area contributed by atoms with Gasteiger partial charge in [-0.25, -0.2) is 0 Å². The molecular weight excluding hydrogens is 292 g/mol. The van der Waals surface area contributed by atoms with Crippen LogP contribution in [0.1, 0.15) is 18.2 Å². The van der Waals surface area contributed by atoms with Gasteiger partial charge in [-0.2, -0.15) is 5.10 Å². The number of hydrogen-bond donors (Lipinski definition) is 2. The van der Waals surface area contributed by atoms with Crippen LogP contribution in [0.25, 0.3) is 0 Å². The maximum absolute atomic E-state index is 6.10. The Morgan fingerprint density at radius 3 is 2.90 bits per heavy atom. The van der Waals surface area contributed by atoms with E-state index in [1.54, 1.807) is 4.68 Å². The summed E-state index contributed by atoms with van der Waals surface area (Å²) in [7, 11) is 0. The molecule has 0 unspecified atom stereocenters. The van der Waals surface area contributed by atoms with E-state index in [9.17, 15) is 0 Å². The molecule has 0 bridgehead atoms. The average molecular weight is 309 g/mol. The highest BCUT2D eigenvalue weighted by Crippen LogP contribution is 2.14. The van der Waals surface area contributed by atoms with Crippen molar-refractivity contribution in [2.45, 2.75) is 26.9 Å². The molecule has 106 valence electrons. The molecule has 4 nitrogen and oxygen atoms in total. The number of nitrogens with zero attached hydrogens (tertiary/aromatic N) is 2. The summed E-state index contributed by atoms with van der Waals surface area (Å²) in [5.74, 6) is 0. The molecule has 0 saturated carbocycles. The van der Waals surface area contributed by atoms with Crippen LogP contribution < -0.4 is 10.6 Å². The number of aryl methyl sites for hydroxylation is 2. The highest BCUT2D eigenvalue weighted by atomic mass is 35.5. The van der Waals surface area contributed by atoms with Crippen molar-refractivity contribution >= 4 is 34.6 Å². The minimum atomic E-state index is 0.503. The number of benzene rings is 1. The van der Waals surface area contributed by atoms with Gasteiger partial charge in [0, 0.05) is 18.4 Å². The highest BCUT2D eigenvalue weighted by Gasteiger charge is 2.06. The smallest absolute Gasteiger partial charge is 0.171 e. The summed E-state index contributed by atoms with van der Waals surface area (Å²) >= 11 is 11.4. The third-order valence-corrected chi connectivity index (χ3v) is 3.37. The van der Waals surface area contributed by atoms with Crippen molar-refractivity contribution in [3.63, 3.8) is 0 Å². The molecule has 0 amide bonds. The molecule has 0 aliphatic rings. The minimum absolute atomic E-state index is 0.503. The van der Waals surface area contributed by atoms with E-state index in [2.05, 4.69) is 15.7 Å². The second-order valence-electron chi connectivity index (χ2n) is 4.46. The van der Waals surface area contributed by atoms with Crippen molar-refractivity contribution in [1.82, 2.24) is 15.1 Å². The number of hydrogen-bond acceptors (Lipinski definition) is 2. The largest absolute Gasteiger partial charge is 0.357 e. The van der Waals surface area contributed by atoms with E-state index in [1.807, 2.05) is 44.3 Å². The second kappa shape index (κ2) is 6.72. The van der Waals surface area contributed by atoms with Crippen LogP contribution in [0, 0.1) is 6.92 Å². The summed E-state index contributed by atoms with van der Waals surface area (Å²) in [4.78, 5) is 0. The van der Waals surface area contributed by atoms with E-state index >= 15 is 0 Å². The predicted octanol–water partition coefficient (Wildman–Crippen LogP) is 3.35.